The first-order valence-electron chi connectivity index (χ1n) is 5.50. The quantitative estimate of drug-likeness (QED) is 0.543. The van der Waals surface area contributed by atoms with Gasteiger partial charge in [0.15, 0.2) is 0 Å². The Morgan fingerprint density at radius 3 is 2.35 bits per heavy atom. The highest BCUT2D eigenvalue weighted by atomic mass is 17.1. The Labute approximate surface area is 99.2 Å². The minimum Gasteiger partial charge on any atom is -0.456 e. The van der Waals surface area contributed by atoms with Gasteiger partial charge in [-0.1, -0.05) is 24.3 Å². The molecule has 1 N–H and O–H groups in total. The van der Waals surface area contributed by atoms with Gasteiger partial charge in [-0.05, 0) is 30.2 Å². The number of ether oxygens (including phenoxy) is 1. The average Bonchev–Trinajstić information content (AvgIpc) is 2.37. The lowest BCUT2D eigenvalue weighted by atomic mass is 10.00. The van der Waals surface area contributed by atoms with E-state index >= 15 is 0 Å². The van der Waals surface area contributed by atoms with Crippen molar-refractivity contribution in [2.45, 2.75) is 13.0 Å². The molecule has 4 rings (SSSR count). The van der Waals surface area contributed by atoms with Gasteiger partial charge in [0.25, 0.3) is 0 Å². The lowest BCUT2D eigenvalue weighted by Gasteiger charge is -2.20. The predicted molar refractivity (Wildman–Crippen MR) is 64.1 cm³/mol. The van der Waals surface area contributed by atoms with Gasteiger partial charge in [-0.15, -0.1) is 0 Å². The minimum absolute atomic E-state index is 0.310. The van der Waals surface area contributed by atoms with E-state index in [0.717, 1.165) is 28.2 Å². The molecule has 3 heteroatoms. The van der Waals surface area contributed by atoms with Crippen LogP contribution in [0.1, 0.15) is 18.6 Å². The number of fused-ring (bicyclic) bond motifs is 2. The van der Waals surface area contributed by atoms with E-state index in [4.69, 9.17) is 9.99 Å². The van der Waals surface area contributed by atoms with Gasteiger partial charge in [0, 0.05) is 11.6 Å². The maximum atomic E-state index is 8.61. The summed E-state index contributed by atoms with van der Waals surface area (Å²) in [7, 11) is 0. The van der Waals surface area contributed by atoms with Crippen LogP contribution in [-0.2, 0) is 4.89 Å². The smallest absolute Gasteiger partial charge is 0.138 e. The number of rotatable bonds is 3. The molecule has 2 aliphatic rings. The van der Waals surface area contributed by atoms with Crippen molar-refractivity contribution >= 4 is 0 Å². The van der Waals surface area contributed by atoms with E-state index in [1.165, 1.54) is 0 Å². The largest absolute Gasteiger partial charge is 0.456 e. The van der Waals surface area contributed by atoms with Gasteiger partial charge in [-0.3, -0.25) is 5.26 Å². The molecule has 2 aromatic rings. The topological polar surface area (TPSA) is 38.7 Å². The Hall–Kier alpha value is -1.84. The summed E-state index contributed by atoms with van der Waals surface area (Å²) >= 11 is 0. The number of hydrogen-bond donors (Lipinski definition) is 1. The molecule has 0 fully saturated rings. The van der Waals surface area contributed by atoms with Crippen LogP contribution in [-0.4, -0.2) is 5.26 Å². The fourth-order valence-electron chi connectivity index (χ4n) is 1.95. The summed E-state index contributed by atoms with van der Waals surface area (Å²) in [5, 5.41) is 8.61. The first-order valence-corrected chi connectivity index (χ1v) is 5.50. The predicted octanol–water partition coefficient (Wildman–Crippen LogP) is 4.01. The fourth-order valence-corrected chi connectivity index (χ4v) is 1.95. The second kappa shape index (κ2) is 3.87. The van der Waals surface area contributed by atoms with Crippen molar-refractivity contribution in [2.75, 3.05) is 0 Å². The average molecular weight is 228 g/mol. The zero-order valence-corrected chi connectivity index (χ0v) is 9.38. The molecule has 0 saturated heterocycles. The molecule has 0 radical (unpaired) electrons. The summed E-state index contributed by atoms with van der Waals surface area (Å²) in [5.74, 6) is 1.84. The first kappa shape index (κ1) is 10.3. The van der Waals surface area contributed by atoms with Crippen molar-refractivity contribution in [2.24, 2.45) is 0 Å². The molecule has 86 valence electrons. The van der Waals surface area contributed by atoms with Crippen molar-refractivity contribution in [3.63, 3.8) is 0 Å². The number of hydrogen-bond acceptors (Lipinski definition) is 3. The third-order valence-corrected chi connectivity index (χ3v) is 3.03. The summed E-state index contributed by atoms with van der Waals surface area (Å²) < 4.78 is 5.43. The molecule has 17 heavy (non-hydrogen) atoms. The lowest BCUT2D eigenvalue weighted by molar-refractivity contribution is -0.277. The van der Waals surface area contributed by atoms with Crippen LogP contribution in [0.15, 0.2) is 42.5 Å². The molecule has 1 unspecified atom stereocenters. The standard InChI is InChI=1S/C14H12O3/c1-9(17-15)10-2-4-11(5-3-10)13-7-6-12-8-14(13)16-12/h2-9,15H,1H3. The van der Waals surface area contributed by atoms with Gasteiger partial charge in [0.2, 0.25) is 0 Å². The molecule has 1 atom stereocenters. The second-order valence-electron chi connectivity index (χ2n) is 4.13. The summed E-state index contributed by atoms with van der Waals surface area (Å²) in [6.45, 7) is 1.79. The minimum atomic E-state index is -0.310. The van der Waals surface area contributed by atoms with Crippen LogP contribution in [0.2, 0.25) is 0 Å². The van der Waals surface area contributed by atoms with E-state index in [1.807, 2.05) is 36.4 Å². The summed E-state index contributed by atoms with van der Waals surface area (Å²) in [6.07, 6.45) is -0.310. The van der Waals surface area contributed by atoms with Gasteiger partial charge in [0.1, 0.15) is 17.6 Å². The van der Waals surface area contributed by atoms with Crippen LogP contribution >= 0.6 is 0 Å². The van der Waals surface area contributed by atoms with Crippen molar-refractivity contribution in [3.05, 3.63) is 48.0 Å². The van der Waals surface area contributed by atoms with Gasteiger partial charge >= 0.3 is 0 Å². The third-order valence-electron chi connectivity index (χ3n) is 3.03. The maximum absolute atomic E-state index is 8.61. The van der Waals surface area contributed by atoms with Gasteiger partial charge in [-0.25, -0.2) is 4.89 Å². The summed E-state index contributed by atoms with van der Waals surface area (Å²) in [5.41, 5.74) is 3.12. The van der Waals surface area contributed by atoms with E-state index < -0.39 is 0 Å². The van der Waals surface area contributed by atoms with Crippen LogP contribution in [0.4, 0.5) is 0 Å². The number of benzene rings is 2. The molecule has 0 aromatic heterocycles. The summed E-state index contributed by atoms with van der Waals surface area (Å²) in [4.78, 5) is 4.29. The van der Waals surface area contributed by atoms with Crippen LogP contribution < -0.4 is 4.74 Å². The summed E-state index contributed by atoms with van der Waals surface area (Å²) in [6, 6.07) is 13.9. The second-order valence-corrected chi connectivity index (χ2v) is 4.13. The molecule has 0 amide bonds. The van der Waals surface area contributed by atoms with Crippen LogP contribution in [0.25, 0.3) is 11.1 Å². The van der Waals surface area contributed by atoms with Gasteiger partial charge in [0.05, 0.1) is 0 Å². The fraction of sp³-hybridized carbons (Fsp3) is 0.143. The van der Waals surface area contributed by atoms with Gasteiger partial charge in [-0.2, -0.15) is 0 Å². The van der Waals surface area contributed by atoms with Crippen molar-refractivity contribution < 1.29 is 14.9 Å². The molecule has 3 nitrogen and oxygen atoms in total. The molecular weight excluding hydrogens is 216 g/mol. The lowest BCUT2D eigenvalue weighted by Crippen LogP contribution is -1.98. The molecule has 0 saturated carbocycles. The SMILES string of the molecule is CC(OO)c1ccc(-c2ccc3cc2O3)cc1. The van der Waals surface area contributed by atoms with E-state index in [1.54, 1.807) is 6.92 Å². The highest BCUT2D eigenvalue weighted by Gasteiger charge is 2.16. The van der Waals surface area contributed by atoms with Crippen LogP contribution in [0.3, 0.4) is 0 Å². The van der Waals surface area contributed by atoms with Crippen molar-refractivity contribution in [1.29, 1.82) is 0 Å². The third kappa shape index (κ3) is 1.69. The zero-order valence-electron chi connectivity index (χ0n) is 9.38. The van der Waals surface area contributed by atoms with E-state index in [0.29, 0.717) is 0 Å². The molecule has 2 heterocycles. The van der Waals surface area contributed by atoms with Crippen molar-refractivity contribution in [1.82, 2.24) is 0 Å². The van der Waals surface area contributed by atoms with E-state index in [9.17, 15) is 0 Å². The monoisotopic (exact) mass is 228 g/mol. The Bertz CT molecular complexity index is 542. The Balaban J connectivity index is 1.93. The highest BCUT2D eigenvalue weighted by molar-refractivity contribution is 5.75. The molecule has 2 bridgehead atoms. The van der Waals surface area contributed by atoms with Crippen LogP contribution in [0.5, 0.6) is 11.5 Å². The highest BCUT2D eigenvalue weighted by Crippen LogP contribution is 2.43. The normalized spacial score (nSPS) is 13.8. The van der Waals surface area contributed by atoms with Crippen molar-refractivity contribution in [3.8, 4) is 22.6 Å². The molecule has 0 aliphatic carbocycles. The molecule has 2 aromatic carbocycles. The Kier molecular flexibility index (Phi) is 2.35. The molecule has 0 spiro atoms. The van der Waals surface area contributed by atoms with Gasteiger partial charge < -0.3 is 4.74 Å². The molecule has 2 aliphatic heterocycles. The Morgan fingerprint density at radius 2 is 1.82 bits per heavy atom. The van der Waals surface area contributed by atoms with E-state index in [2.05, 4.69) is 11.0 Å². The zero-order chi connectivity index (χ0) is 11.8. The van der Waals surface area contributed by atoms with E-state index in [-0.39, 0.29) is 6.10 Å². The molecular formula is C14H12O3. The van der Waals surface area contributed by atoms with Crippen LogP contribution in [0, 0.1) is 0 Å². The maximum Gasteiger partial charge on any atom is 0.138 e. The first-order chi connectivity index (χ1) is 8.28. The Morgan fingerprint density at radius 1 is 1.12 bits per heavy atom.